The molecule has 0 aliphatic heterocycles. The summed E-state index contributed by atoms with van der Waals surface area (Å²) in [5.41, 5.74) is 0.467. The van der Waals surface area contributed by atoms with Gasteiger partial charge < -0.3 is 5.11 Å². The van der Waals surface area contributed by atoms with Gasteiger partial charge in [-0.15, -0.1) is 12.6 Å². The van der Waals surface area contributed by atoms with E-state index < -0.39 is 0 Å². The van der Waals surface area contributed by atoms with Crippen LogP contribution in [0.2, 0.25) is 5.02 Å². The van der Waals surface area contributed by atoms with E-state index >= 15 is 0 Å². The molecule has 1 heterocycles. The van der Waals surface area contributed by atoms with Crippen molar-refractivity contribution in [1.29, 1.82) is 0 Å². The Kier molecular flexibility index (Phi) is 5.77. The Balaban J connectivity index is 0.000001000. The summed E-state index contributed by atoms with van der Waals surface area (Å²) >= 11 is 9.73. The van der Waals surface area contributed by atoms with Crippen molar-refractivity contribution in [3.05, 3.63) is 23.0 Å². The third-order valence-corrected chi connectivity index (χ3v) is 2.02. The second-order valence-corrected chi connectivity index (χ2v) is 2.61. The van der Waals surface area contributed by atoms with E-state index in [1.165, 1.54) is 0 Å². The standard InChI is InChI=1S/C6H6ClNOS.Na.H/c7-6-4(3-9)8-2-1-5(6)10;;/h1-2,9H,3H2,(H,8,10);;. The molecule has 0 amide bonds. The molecule has 0 fully saturated rings. The van der Waals surface area contributed by atoms with Crippen molar-refractivity contribution >= 4 is 53.8 Å². The molecular formula is C6H7ClNNaOS. The van der Waals surface area contributed by atoms with Crippen LogP contribution in [0.4, 0.5) is 0 Å². The predicted molar refractivity (Wildman–Crippen MR) is 49.6 cm³/mol. The number of aliphatic hydroxyl groups excluding tert-OH is 1. The van der Waals surface area contributed by atoms with Gasteiger partial charge in [0.2, 0.25) is 0 Å². The van der Waals surface area contributed by atoms with Crippen LogP contribution in [0.15, 0.2) is 17.2 Å². The van der Waals surface area contributed by atoms with Crippen LogP contribution in [0, 0.1) is 0 Å². The molecule has 0 atom stereocenters. The zero-order valence-electron chi connectivity index (χ0n) is 5.08. The van der Waals surface area contributed by atoms with Crippen LogP contribution >= 0.6 is 24.2 Å². The van der Waals surface area contributed by atoms with Crippen molar-refractivity contribution in [3.8, 4) is 0 Å². The topological polar surface area (TPSA) is 33.1 Å². The normalized spacial score (nSPS) is 9.00. The van der Waals surface area contributed by atoms with E-state index in [-0.39, 0.29) is 36.2 Å². The fraction of sp³-hybridized carbons (Fsp3) is 0.167. The molecule has 1 aromatic rings. The molecule has 1 aromatic heterocycles. The zero-order chi connectivity index (χ0) is 7.56. The molecule has 5 heteroatoms. The molecule has 0 bridgehead atoms. The number of hydrogen-bond donors (Lipinski definition) is 2. The van der Waals surface area contributed by atoms with Gasteiger partial charge >= 0.3 is 29.6 Å². The third kappa shape index (κ3) is 2.93. The average molecular weight is 200 g/mol. The Morgan fingerprint density at radius 1 is 1.64 bits per heavy atom. The fourth-order valence-corrected chi connectivity index (χ4v) is 0.953. The second kappa shape index (κ2) is 5.41. The van der Waals surface area contributed by atoms with Crippen molar-refractivity contribution in [2.75, 3.05) is 0 Å². The molecule has 11 heavy (non-hydrogen) atoms. The monoisotopic (exact) mass is 199 g/mol. The van der Waals surface area contributed by atoms with E-state index in [1.807, 2.05) is 0 Å². The van der Waals surface area contributed by atoms with Gasteiger partial charge in [-0.3, -0.25) is 4.98 Å². The molecule has 0 saturated heterocycles. The Bertz CT molecular complexity index is 246. The third-order valence-electron chi connectivity index (χ3n) is 1.09. The summed E-state index contributed by atoms with van der Waals surface area (Å²) in [4.78, 5) is 4.47. The van der Waals surface area contributed by atoms with Crippen molar-refractivity contribution in [2.24, 2.45) is 0 Å². The number of nitrogens with zero attached hydrogens (tertiary/aromatic N) is 1. The molecule has 0 unspecified atom stereocenters. The summed E-state index contributed by atoms with van der Waals surface area (Å²) in [7, 11) is 0. The van der Waals surface area contributed by atoms with Gasteiger partial charge in [-0.25, -0.2) is 0 Å². The number of thiol groups is 1. The number of pyridine rings is 1. The summed E-state index contributed by atoms with van der Waals surface area (Å²) in [5.74, 6) is 0. The first-order valence-electron chi connectivity index (χ1n) is 2.69. The molecule has 0 aliphatic rings. The SMILES string of the molecule is OCc1nccc(S)c1Cl.[NaH]. The maximum atomic E-state index is 8.66. The Morgan fingerprint density at radius 3 is 2.73 bits per heavy atom. The first kappa shape index (κ1) is 11.8. The van der Waals surface area contributed by atoms with Crippen LogP contribution in [0.1, 0.15) is 5.69 Å². The number of hydrogen-bond acceptors (Lipinski definition) is 3. The number of aromatic nitrogens is 1. The van der Waals surface area contributed by atoms with Gasteiger partial charge in [0.25, 0.3) is 0 Å². The molecule has 0 saturated carbocycles. The van der Waals surface area contributed by atoms with Crippen LogP contribution in [0.3, 0.4) is 0 Å². The maximum absolute atomic E-state index is 8.66. The summed E-state index contributed by atoms with van der Waals surface area (Å²) < 4.78 is 0. The Hall–Kier alpha value is 0.750. The van der Waals surface area contributed by atoms with Gasteiger partial charge in [0.15, 0.2) is 0 Å². The van der Waals surface area contributed by atoms with Crippen molar-refractivity contribution in [3.63, 3.8) is 0 Å². The summed E-state index contributed by atoms with van der Waals surface area (Å²) in [6.45, 7) is -0.146. The average Bonchev–Trinajstić information content (AvgIpc) is 1.95. The van der Waals surface area contributed by atoms with Crippen LogP contribution in [-0.4, -0.2) is 39.6 Å². The first-order chi connectivity index (χ1) is 4.75. The quantitative estimate of drug-likeness (QED) is 0.520. The predicted octanol–water partition coefficient (Wildman–Crippen LogP) is 0.867. The first-order valence-corrected chi connectivity index (χ1v) is 3.51. The number of rotatable bonds is 1. The van der Waals surface area contributed by atoms with Gasteiger partial charge in [-0.05, 0) is 6.07 Å². The van der Waals surface area contributed by atoms with E-state index in [0.29, 0.717) is 15.6 Å². The summed E-state index contributed by atoms with van der Waals surface area (Å²) in [5, 5.41) is 9.09. The van der Waals surface area contributed by atoms with Gasteiger partial charge in [0.1, 0.15) is 0 Å². The van der Waals surface area contributed by atoms with Crippen LogP contribution in [0.25, 0.3) is 0 Å². The molecule has 0 radical (unpaired) electrons. The van der Waals surface area contributed by atoms with E-state index in [2.05, 4.69) is 17.6 Å². The molecule has 56 valence electrons. The van der Waals surface area contributed by atoms with E-state index in [1.54, 1.807) is 12.3 Å². The van der Waals surface area contributed by atoms with Gasteiger partial charge in [0, 0.05) is 11.1 Å². The van der Waals surface area contributed by atoms with Gasteiger partial charge in [-0.2, -0.15) is 0 Å². The van der Waals surface area contributed by atoms with Crippen LogP contribution in [-0.2, 0) is 6.61 Å². The van der Waals surface area contributed by atoms with Crippen LogP contribution in [0.5, 0.6) is 0 Å². The fourth-order valence-electron chi connectivity index (χ4n) is 0.586. The van der Waals surface area contributed by atoms with E-state index in [0.717, 1.165) is 0 Å². The minimum absolute atomic E-state index is 0. The van der Waals surface area contributed by atoms with Crippen molar-refractivity contribution < 1.29 is 5.11 Å². The second-order valence-electron chi connectivity index (χ2n) is 1.75. The molecule has 1 rings (SSSR count). The van der Waals surface area contributed by atoms with Gasteiger partial charge in [0.05, 0.1) is 17.3 Å². The van der Waals surface area contributed by atoms with Crippen molar-refractivity contribution in [1.82, 2.24) is 4.98 Å². The van der Waals surface area contributed by atoms with Gasteiger partial charge in [-0.1, -0.05) is 11.6 Å². The molecular weight excluding hydrogens is 193 g/mol. The molecule has 0 aliphatic carbocycles. The summed E-state index contributed by atoms with van der Waals surface area (Å²) in [6.07, 6.45) is 1.56. The Labute approximate surface area is 97.7 Å². The van der Waals surface area contributed by atoms with Crippen molar-refractivity contribution in [2.45, 2.75) is 11.5 Å². The molecule has 2 nitrogen and oxygen atoms in total. The zero-order valence-corrected chi connectivity index (χ0v) is 6.73. The number of aliphatic hydroxyl groups is 1. The van der Waals surface area contributed by atoms with Crippen LogP contribution < -0.4 is 0 Å². The Morgan fingerprint density at radius 2 is 2.27 bits per heavy atom. The summed E-state index contributed by atoms with van der Waals surface area (Å²) in [6, 6.07) is 1.67. The minimum atomic E-state index is -0.146. The van der Waals surface area contributed by atoms with E-state index in [9.17, 15) is 0 Å². The van der Waals surface area contributed by atoms with E-state index in [4.69, 9.17) is 16.7 Å². The molecule has 0 spiro atoms. The molecule has 1 N–H and O–H groups in total. The molecule has 0 aromatic carbocycles. The number of halogens is 1.